The van der Waals surface area contributed by atoms with E-state index in [2.05, 4.69) is 5.43 Å². The number of sulfone groups is 1. The quantitative estimate of drug-likeness (QED) is 0.573. The maximum Gasteiger partial charge on any atom is 0.151 e. The topological polar surface area (TPSA) is 49.4 Å². The van der Waals surface area contributed by atoms with E-state index < -0.39 is 9.84 Å². The number of hydrazine groups is 1. The van der Waals surface area contributed by atoms with E-state index >= 15 is 0 Å². The van der Waals surface area contributed by atoms with Gasteiger partial charge in [-0.25, -0.2) is 13.4 Å². The van der Waals surface area contributed by atoms with Crippen molar-refractivity contribution in [2.24, 2.45) is 0 Å². The number of nitrogens with zero attached hydrogens (tertiary/aromatic N) is 1. The van der Waals surface area contributed by atoms with Gasteiger partial charge in [0.25, 0.3) is 0 Å². The fraction of sp³-hybridized carbons (Fsp3) is 1.00. The van der Waals surface area contributed by atoms with E-state index in [9.17, 15) is 8.42 Å². The van der Waals surface area contributed by atoms with Crippen LogP contribution in [0.25, 0.3) is 0 Å². The molecule has 0 atom stereocenters. The molecule has 11 heavy (non-hydrogen) atoms. The lowest BCUT2D eigenvalue weighted by molar-refractivity contribution is 0.225. The number of rotatable bonds is 1. The molecule has 0 aromatic carbocycles. The van der Waals surface area contributed by atoms with Crippen molar-refractivity contribution < 1.29 is 8.42 Å². The Balaban J connectivity index is 2.53. The summed E-state index contributed by atoms with van der Waals surface area (Å²) in [5.41, 5.74) is 2.95. The van der Waals surface area contributed by atoms with Gasteiger partial charge in [0.2, 0.25) is 0 Å². The van der Waals surface area contributed by atoms with Crippen LogP contribution in [0, 0.1) is 0 Å². The summed E-state index contributed by atoms with van der Waals surface area (Å²) < 4.78 is 22.2. The van der Waals surface area contributed by atoms with Crippen LogP contribution in [0.3, 0.4) is 0 Å². The summed E-state index contributed by atoms with van der Waals surface area (Å²) in [6.45, 7) is 1.44. The van der Waals surface area contributed by atoms with Crippen molar-refractivity contribution in [1.29, 1.82) is 0 Å². The van der Waals surface area contributed by atoms with E-state index in [1.807, 2.05) is 12.1 Å². The molecule has 0 bridgehead atoms. The molecule has 1 N–H and O–H groups in total. The summed E-state index contributed by atoms with van der Waals surface area (Å²) in [6, 6.07) is 0. The predicted molar refractivity (Wildman–Crippen MR) is 43.9 cm³/mol. The molecule has 1 saturated heterocycles. The minimum absolute atomic E-state index is 0.286. The Kier molecular flexibility index (Phi) is 2.86. The predicted octanol–water partition coefficient (Wildman–Crippen LogP) is -0.759. The van der Waals surface area contributed by atoms with Gasteiger partial charge in [0, 0.05) is 13.1 Å². The Morgan fingerprint density at radius 1 is 1.27 bits per heavy atom. The van der Waals surface area contributed by atoms with Gasteiger partial charge in [-0.1, -0.05) is 0 Å². The van der Waals surface area contributed by atoms with Crippen LogP contribution in [0.5, 0.6) is 0 Å². The molecule has 66 valence electrons. The second-order valence-electron chi connectivity index (χ2n) is 2.72. The van der Waals surface area contributed by atoms with Crippen molar-refractivity contribution in [3.8, 4) is 0 Å². The third-order valence-corrected chi connectivity index (χ3v) is 3.59. The van der Waals surface area contributed by atoms with Gasteiger partial charge in [0.15, 0.2) is 9.84 Å². The van der Waals surface area contributed by atoms with E-state index in [0.29, 0.717) is 12.3 Å². The molecule has 0 aliphatic carbocycles. The molecule has 1 heterocycles. The molecule has 0 aromatic rings. The first-order valence-electron chi connectivity index (χ1n) is 3.77. The summed E-state index contributed by atoms with van der Waals surface area (Å²) >= 11 is 0. The molecule has 1 aliphatic heterocycles. The zero-order valence-electron chi connectivity index (χ0n) is 6.71. The summed E-state index contributed by atoms with van der Waals surface area (Å²) in [5, 5.41) is 1.94. The second kappa shape index (κ2) is 3.51. The van der Waals surface area contributed by atoms with E-state index in [4.69, 9.17) is 0 Å². The monoisotopic (exact) mass is 178 g/mol. The summed E-state index contributed by atoms with van der Waals surface area (Å²) in [4.78, 5) is 0. The molecule has 0 aromatic heterocycles. The van der Waals surface area contributed by atoms with Crippen molar-refractivity contribution in [3.63, 3.8) is 0 Å². The standard InChI is InChI=1S/C6H14N2O2S/c1-7-8-3-2-5-11(9,10)6-4-8/h7H,2-6H2,1H3. The van der Waals surface area contributed by atoms with Gasteiger partial charge in [-0.3, -0.25) is 5.43 Å². The summed E-state index contributed by atoms with van der Waals surface area (Å²) in [7, 11) is -0.926. The maximum atomic E-state index is 11.1. The van der Waals surface area contributed by atoms with E-state index in [1.54, 1.807) is 0 Å². The average molecular weight is 178 g/mol. The third-order valence-electron chi connectivity index (χ3n) is 1.87. The molecule has 1 rings (SSSR count). The zero-order valence-corrected chi connectivity index (χ0v) is 7.52. The largest absolute Gasteiger partial charge is 0.258 e. The molecule has 5 heteroatoms. The Morgan fingerprint density at radius 2 is 2.00 bits per heavy atom. The molecule has 0 amide bonds. The highest BCUT2D eigenvalue weighted by Crippen LogP contribution is 2.01. The zero-order chi connectivity index (χ0) is 8.32. The molecule has 1 aliphatic rings. The van der Waals surface area contributed by atoms with Gasteiger partial charge in [-0.2, -0.15) is 0 Å². The van der Waals surface area contributed by atoms with Crippen LogP contribution in [-0.2, 0) is 9.84 Å². The Bertz CT molecular complexity index is 213. The highest BCUT2D eigenvalue weighted by atomic mass is 32.2. The van der Waals surface area contributed by atoms with Crippen molar-refractivity contribution in [3.05, 3.63) is 0 Å². The molecule has 0 radical (unpaired) electrons. The molecule has 0 unspecified atom stereocenters. The van der Waals surface area contributed by atoms with Crippen LogP contribution >= 0.6 is 0 Å². The normalized spacial score (nSPS) is 26.3. The number of nitrogens with one attached hydrogen (secondary N) is 1. The van der Waals surface area contributed by atoms with Crippen LogP contribution in [0.2, 0.25) is 0 Å². The van der Waals surface area contributed by atoms with E-state index in [1.165, 1.54) is 0 Å². The van der Waals surface area contributed by atoms with E-state index in [0.717, 1.165) is 13.0 Å². The van der Waals surface area contributed by atoms with Gasteiger partial charge in [-0.05, 0) is 13.5 Å². The molecule has 4 nitrogen and oxygen atoms in total. The Morgan fingerprint density at radius 3 is 2.64 bits per heavy atom. The van der Waals surface area contributed by atoms with Crippen LogP contribution in [0.4, 0.5) is 0 Å². The van der Waals surface area contributed by atoms with Crippen molar-refractivity contribution >= 4 is 9.84 Å². The van der Waals surface area contributed by atoms with Gasteiger partial charge >= 0.3 is 0 Å². The fourth-order valence-electron chi connectivity index (χ4n) is 1.16. The average Bonchev–Trinajstić information content (AvgIpc) is 2.10. The lowest BCUT2D eigenvalue weighted by Crippen LogP contribution is -2.37. The lowest BCUT2D eigenvalue weighted by atomic mass is 10.4. The highest BCUT2D eigenvalue weighted by Gasteiger charge is 2.17. The smallest absolute Gasteiger partial charge is 0.151 e. The van der Waals surface area contributed by atoms with Crippen molar-refractivity contribution in [2.75, 3.05) is 31.6 Å². The first-order chi connectivity index (χ1) is 5.14. The molecule has 0 spiro atoms. The minimum Gasteiger partial charge on any atom is -0.258 e. The number of hydrogen-bond donors (Lipinski definition) is 1. The minimum atomic E-state index is -2.74. The maximum absolute atomic E-state index is 11.1. The van der Waals surface area contributed by atoms with Gasteiger partial charge in [-0.15, -0.1) is 0 Å². The molecule has 0 saturated carbocycles. The Hall–Kier alpha value is -0.130. The van der Waals surface area contributed by atoms with Crippen LogP contribution in [0.15, 0.2) is 0 Å². The SMILES string of the molecule is CNN1CCCS(=O)(=O)CC1. The highest BCUT2D eigenvalue weighted by molar-refractivity contribution is 7.91. The third kappa shape index (κ3) is 2.76. The van der Waals surface area contributed by atoms with Crippen molar-refractivity contribution in [1.82, 2.24) is 10.4 Å². The summed E-state index contributed by atoms with van der Waals surface area (Å²) in [6.07, 6.45) is 0.739. The second-order valence-corrected chi connectivity index (χ2v) is 5.02. The molecular formula is C6H14N2O2S. The van der Waals surface area contributed by atoms with Crippen molar-refractivity contribution in [2.45, 2.75) is 6.42 Å². The first kappa shape index (κ1) is 8.96. The van der Waals surface area contributed by atoms with Crippen LogP contribution < -0.4 is 5.43 Å². The molecule has 1 fully saturated rings. The molecular weight excluding hydrogens is 164 g/mol. The van der Waals surface area contributed by atoms with Gasteiger partial charge in [0.1, 0.15) is 0 Å². The first-order valence-corrected chi connectivity index (χ1v) is 5.59. The summed E-state index contributed by atoms with van der Waals surface area (Å²) in [5.74, 6) is 0.624. The van der Waals surface area contributed by atoms with Crippen LogP contribution in [-0.4, -0.2) is 45.1 Å². The fourth-order valence-corrected chi connectivity index (χ4v) is 2.43. The van der Waals surface area contributed by atoms with Gasteiger partial charge < -0.3 is 0 Å². The lowest BCUT2D eigenvalue weighted by Gasteiger charge is -2.16. The van der Waals surface area contributed by atoms with Gasteiger partial charge in [0.05, 0.1) is 11.5 Å². The Labute approximate surface area is 67.5 Å². The van der Waals surface area contributed by atoms with E-state index in [-0.39, 0.29) is 5.75 Å². The number of hydrogen-bond acceptors (Lipinski definition) is 4. The van der Waals surface area contributed by atoms with Crippen LogP contribution in [0.1, 0.15) is 6.42 Å².